The van der Waals surface area contributed by atoms with Crippen LogP contribution >= 0.6 is 0 Å². The molecule has 146 valence electrons. The molecule has 0 fully saturated rings. The maximum atomic E-state index is 12.5. The Morgan fingerprint density at radius 1 is 1.33 bits per heavy atom. The Morgan fingerprint density at radius 2 is 2.00 bits per heavy atom. The number of aromatic nitrogens is 1. The molecule has 1 aromatic heterocycles. The molecule has 2 rings (SSSR count). The van der Waals surface area contributed by atoms with Gasteiger partial charge < -0.3 is 14.6 Å². The van der Waals surface area contributed by atoms with Gasteiger partial charge in [0, 0.05) is 18.8 Å². The van der Waals surface area contributed by atoms with Gasteiger partial charge >= 0.3 is 0 Å². The Hall–Kier alpha value is -2.09. The highest BCUT2D eigenvalue weighted by Gasteiger charge is 2.23. The Kier molecular flexibility index (Phi) is 6.51. The van der Waals surface area contributed by atoms with E-state index in [1.165, 1.54) is 39.4 Å². The monoisotopic (exact) mass is 391 g/mol. The van der Waals surface area contributed by atoms with Crippen LogP contribution in [0.4, 0.5) is 0 Å². The summed E-state index contributed by atoms with van der Waals surface area (Å²) in [6, 6.07) is 3.83. The number of pyridine rings is 1. The van der Waals surface area contributed by atoms with E-state index < -0.39 is 22.2 Å². The summed E-state index contributed by atoms with van der Waals surface area (Å²) in [5.41, 5.74) is 1.58. The van der Waals surface area contributed by atoms with Crippen LogP contribution in [0.3, 0.4) is 0 Å². The first-order valence-corrected chi connectivity index (χ1v) is 9.97. The van der Waals surface area contributed by atoms with E-state index in [9.17, 15) is 14.1 Å². The van der Waals surface area contributed by atoms with Gasteiger partial charge in [-0.05, 0) is 57.0 Å². The van der Waals surface area contributed by atoms with Gasteiger partial charge in [0.15, 0.2) is 12.6 Å². The highest BCUT2D eigenvalue weighted by molar-refractivity contribution is 7.84. The molecule has 0 radical (unpaired) electrons. The van der Waals surface area contributed by atoms with Gasteiger partial charge in [0.1, 0.15) is 16.2 Å². The summed E-state index contributed by atoms with van der Waals surface area (Å²) >= 11 is 0. The number of hydrogen-bond acceptors (Lipinski definition) is 6. The molecule has 1 aromatic carbocycles. The van der Waals surface area contributed by atoms with Crippen molar-refractivity contribution in [3.8, 4) is 5.75 Å². The average molecular weight is 391 g/mol. The van der Waals surface area contributed by atoms with Crippen molar-refractivity contribution in [2.45, 2.75) is 38.2 Å². The van der Waals surface area contributed by atoms with Gasteiger partial charge in [-0.3, -0.25) is 9.00 Å². The molecule has 2 aromatic rings. The van der Waals surface area contributed by atoms with Crippen LogP contribution in [0.1, 0.15) is 30.7 Å². The summed E-state index contributed by atoms with van der Waals surface area (Å²) in [5, 5.41) is 10.6. The second-order valence-electron chi connectivity index (χ2n) is 6.82. The summed E-state index contributed by atoms with van der Waals surface area (Å²) in [6.07, 6.45) is 4.24. The van der Waals surface area contributed by atoms with E-state index in [2.05, 4.69) is 4.98 Å². The zero-order chi connectivity index (χ0) is 20.4. The van der Waals surface area contributed by atoms with Gasteiger partial charge in [-0.1, -0.05) is 6.07 Å². The number of aryl methyl sites for hydroxylation is 2. The lowest BCUT2D eigenvalue weighted by Crippen LogP contribution is -2.29. The topological polar surface area (TPSA) is 85.7 Å². The second kappa shape index (κ2) is 8.29. The van der Waals surface area contributed by atoms with Crippen molar-refractivity contribution in [1.29, 1.82) is 0 Å². The van der Waals surface area contributed by atoms with Crippen molar-refractivity contribution in [3.63, 3.8) is 0 Å². The van der Waals surface area contributed by atoms with Gasteiger partial charge in [-0.25, -0.2) is 4.98 Å². The molecule has 0 aliphatic rings. The number of hydrogen-bond donors (Lipinski definition) is 1. The molecule has 27 heavy (non-hydrogen) atoms. The van der Waals surface area contributed by atoms with Crippen LogP contribution in [-0.2, 0) is 20.3 Å². The molecule has 1 heterocycles. The third-order valence-electron chi connectivity index (χ3n) is 4.22. The molecule has 0 spiro atoms. The molecule has 0 aliphatic carbocycles. The second-order valence-corrected chi connectivity index (χ2v) is 8.14. The highest BCUT2D eigenvalue weighted by atomic mass is 32.2. The molecule has 1 N–H and O–H groups in total. The zero-order valence-electron chi connectivity index (χ0n) is 16.5. The van der Waals surface area contributed by atoms with Gasteiger partial charge in [-0.15, -0.1) is 0 Å². The van der Waals surface area contributed by atoms with Crippen molar-refractivity contribution in [2.75, 3.05) is 20.2 Å². The molecular formula is C20H25NO5S. The van der Waals surface area contributed by atoms with E-state index >= 15 is 0 Å². The molecule has 0 bridgehead atoms. The molecule has 0 aliphatic heterocycles. The molecule has 0 amide bonds. The van der Waals surface area contributed by atoms with Gasteiger partial charge in [0.05, 0.1) is 22.0 Å². The van der Waals surface area contributed by atoms with Crippen LogP contribution in [0.5, 0.6) is 5.75 Å². The van der Waals surface area contributed by atoms with Crippen LogP contribution in [0, 0.1) is 13.8 Å². The maximum Gasteiger partial charge on any atom is 0.188 e. The molecular weight excluding hydrogens is 366 g/mol. The van der Waals surface area contributed by atoms with Gasteiger partial charge in [0.25, 0.3) is 0 Å². The number of carbonyl (C=O) groups excluding carboxylic acids is 1. The van der Waals surface area contributed by atoms with Crippen LogP contribution in [0.15, 0.2) is 23.1 Å². The van der Waals surface area contributed by atoms with Crippen LogP contribution in [0.2, 0.25) is 0 Å². The SMILES string of the molecule is COCOc1c(S(C)=O)c(C=CC(=O)C(C)(C)O)nc2c(C)c(C)ccc12. The van der Waals surface area contributed by atoms with Crippen LogP contribution in [0.25, 0.3) is 17.0 Å². The van der Waals surface area contributed by atoms with Crippen molar-refractivity contribution < 1.29 is 23.6 Å². The number of methoxy groups -OCH3 is 1. The predicted octanol–water partition coefficient (Wildman–Crippen LogP) is 2.92. The minimum Gasteiger partial charge on any atom is -0.465 e. The van der Waals surface area contributed by atoms with Crippen LogP contribution in [-0.4, -0.2) is 45.8 Å². The number of ether oxygens (including phenoxy) is 2. The number of nitrogens with zero attached hydrogens (tertiary/aromatic N) is 1. The number of fused-ring (bicyclic) bond motifs is 1. The number of rotatable bonds is 7. The molecule has 1 unspecified atom stereocenters. The fraction of sp³-hybridized carbons (Fsp3) is 0.400. The number of benzene rings is 1. The van der Waals surface area contributed by atoms with E-state index in [1.54, 1.807) is 0 Å². The fourth-order valence-corrected chi connectivity index (χ4v) is 3.39. The first kappa shape index (κ1) is 21.2. The molecule has 7 heteroatoms. The lowest BCUT2D eigenvalue weighted by Gasteiger charge is -2.17. The molecule has 6 nitrogen and oxygen atoms in total. The van der Waals surface area contributed by atoms with E-state index in [0.717, 1.165) is 16.5 Å². The van der Waals surface area contributed by atoms with E-state index in [1.807, 2.05) is 26.0 Å². The fourth-order valence-electron chi connectivity index (χ4n) is 2.55. The van der Waals surface area contributed by atoms with E-state index in [-0.39, 0.29) is 6.79 Å². The van der Waals surface area contributed by atoms with E-state index in [4.69, 9.17) is 9.47 Å². The summed E-state index contributed by atoms with van der Waals surface area (Å²) in [4.78, 5) is 17.1. The van der Waals surface area contributed by atoms with Crippen molar-refractivity contribution in [1.82, 2.24) is 4.98 Å². The number of carbonyl (C=O) groups is 1. The van der Waals surface area contributed by atoms with Crippen molar-refractivity contribution >= 4 is 33.6 Å². The number of ketones is 1. The largest absolute Gasteiger partial charge is 0.465 e. The third kappa shape index (κ3) is 4.61. The normalized spacial score (nSPS) is 13.3. The Bertz CT molecular complexity index is 928. The first-order chi connectivity index (χ1) is 12.6. The average Bonchev–Trinajstić information content (AvgIpc) is 2.59. The Labute approximate surface area is 161 Å². The van der Waals surface area contributed by atoms with E-state index in [0.29, 0.717) is 21.9 Å². The predicted molar refractivity (Wildman–Crippen MR) is 106 cm³/mol. The lowest BCUT2D eigenvalue weighted by atomic mass is 10.0. The lowest BCUT2D eigenvalue weighted by molar-refractivity contribution is -0.128. The highest BCUT2D eigenvalue weighted by Crippen LogP contribution is 2.36. The quantitative estimate of drug-likeness (QED) is 0.577. The summed E-state index contributed by atoms with van der Waals surface area (Å²) in [6.45, 7) is 6.73. The summed E-state index contributed by atoms with van der Waals surface area (Å²) < 4.78 is 23.2. The Morgan fingerprint density at radius 3 is 2.56 bits per heavy atom. The molecule has 0 saturated heterocycles. The summed E-state index contributed by atoms with van der Waals surface area (Å²) in [7, 11) is 0.0766. The Balaban J connectivity index is 2.79. The minimum atomic E-state index is -1.50. The maximum absolute atomic E-state index is 12.5. The van der Waals surface area contributed by atoms with Crippen molar-refractivity contribution in [2.24, 2.45) is 0 Å². The standard InChI is InChI=1S/C20H25NO5S/c1-12-7-8-14-17(13(12)2)21-15(9-10-16(22)20(3,4)23)19(27(6)24)18(14)26-11-25-5/h7-10,23H,11H2,1-6H3. The van der Waals surface area contributed by atoms with Crippen LogP contribution < -0.4 is 4.74 Å². The summed E-state index contributed by atoms with van der Waals surface area (Å²) in [5.74, 6) is -0.0568. The molecule has 0 saturated carbocycles. The molecule has 1 atom stereocenters. The smallest absolute Gasteiger partial charge is 0.188 e. The third-order valence-corrected chi connectivity index (χ3v) is 5.19. The minimum absolute atomic E-state index is 0.0119. The van der Waals surface area contributed by atoms with Crippen molar-refractivity contribution in [3.05, 3.63) is 35.0 Å². The number of aliphatic hydroxyl groups is 1. The zero-order valence-corrected chi connectivity index (χ0v) is 17.3. The van der Waals surface area contributed by atoms with Gasteiger partial charge in [0.2, 0.25) is 0 Å². The van der Waals surface area contributed by atoms with Gasteiger partial charge in [-0.2, -0.15) is 0 Å². The first-order valence-electron chi connectivity index (χ1n) is 8.42.